The number of methoxy groups -OCH3 is 4. The monoisotopic (exact) mass is 314 g/mol. The number of aromatic nitrogens is 2. The van der Waals surface area contributed by atoms with Gasteiger partial charge in [-0.15, -0.1) is 0 Å². The number of aromatic amines is 1. The molecule has 120 valence electrons. The van der Waals surface area contributed by atoms with E-state index in [0.717, 1.165) is 11.0 Å². The standard InChI is InChI=1S/C17H18N2O4/c1-20-12-9-13(21-2)15(22-3)16(23-4)14(12)17-18-10-7-5-6-8-11(10)19-17/h5-9H,1-4H3,(H,18,19). The highest BCUT2D eigenvalue weighted by Gasteiger charge is 2.24. The topological polar surface area (TPSA) is 65.6 Å². The Morgan fingerprint density at radius 3 is 2.13 bits per heavy atom. The Morgan fingerprint density at radius 2 is 1.52 bits per heavy atom. The molecule has 1 heterocycles. The van der Waals surface area contributed by atoms with Crippen LogP contribution in [0.1, 0.15) is 0 Å². The highest BCUT2D eigenvalue weighted by Crippen LogP contribution is 2.49. The number of benzene rings is 2. The zero-order valence-electron chi connectivity index (χ0n) is 13.5. The maximum Gasteiger partial charge on any atom is 0.204 e. The normalized spacial score (nSPS) is 10.6. The Balaban J connectivity index is 2.32. The third-order valence-electron chi connectivity index (χ3n) is 3.64. The van der Waals surface area contributed by atoms with Gasteiger partial charge >= 0.3 is 0 Å². The van der Waals surface area contributed by atoms with Gasteiger partial charge in [-0.2, -0.15) is 0 Å². The minimum atomic E-state index is 0.492. The maximum atomic E-state index is 5.56. The van der Waals surface area contributed by atoms with Crippen LogP contribution in [-0.2, 0) is 0 Å². The lowest BCUT2D eigenvalue weighted by atomic mass is 10.1. The van der Waals surface area contributed by atoms with E-state index in [2.05, 4.69) is 9.97 Å². The van der Waals surface area contributed by atoms with E-state index in [1.54, 1.807) is 34.5 Å². The first-order valence-electron chi connectivity index (χ1n) is 7.05. The van der Waals surface area contributed by atoms with Crippen molar-refractivity contribution in [1.29, 1.82) is 0 Å². The summed E-state index contributed by atoms with van der Waals surface area (Å²) in [5.74, 6) is 2.74. The summed E-state index contributed by atoms with van der Waals surface area (Å²) in [6, 6.07) is 9.55. The molecule has 0 bridgehead atoms. The fraction of sp³-hybridized carbons (Fsp3) is 0.235. The molecule has 2 aromatic carbocycles. The molecule has 0 amide bonds. The number of H-pyrrole nitrogens is 1. The number of ether oxygens (including phenoxy) is 4. The van der Waals surface area contributed by atoms with Crippen molar-refractivity contribution in [2.24, 2.45) is 0 Å². The van der Waals surface area contributed by atoms with Crippen LogP contribution >= 0.6 is 0 Å². The van der Waals surface area contributed by atoms with E-state index in [1.165, 1.54) is 0 Å². The van der Waals surface area contributed by atoms with Crippen LogP contribution < -0.4 is 18.9 Å². The first kappa shape index (κ1) is 15.0. The lowest BCUT2D eigenvalue weighted by Gasteiger charge is -2.17. The van der Waals surface area contributed by atoms with Gasteiger partial charge in [0.25, 0.3) is 0 Å². The van der Waals surface area contributed by atoms with E-state index < -0.39 is 0 Å². The van der Waals surface area contributed by atoms with Crippen LogP contribution in [0.2, 0.25) is 0 Å². The molecule has 0 atom stereocenters. The molecule has 0 unspecified atom stereocenters. The van der Waals surface area contributed by atoms with Crippen molar-refractivity contribution in [2.75, 3.05) is 28.4 Å². The molecule has 1 aromatic heterocycles. The number of nitrogens with zero attached hydrogens (tertiary/aromatic N) is 1. The van der Waals surface area contributed by atoms with Crippen LogP contribution in [0.25, 0.3) is 22.4 Å². The quantitative estimate of drug-likeness (QED) is 0.783. The Bertz CT molecular complexity index is 809. The minimum absolute atomic E-state index is 0.492. The average molecular weight is 314 g/mol. The molecule has 3 aromatic rings. The summed E-state index contributed by atoms with van der Waals surface area (Å²) in [4.78, 5) is 7.90. The van der Waals surface area contributed by atoms with Gasteiger partial charge in [0.1, 0.15) is 17.1 Å². The fourth-order valence-corrected chi connectivity index (χ4v) is 2.59. The van der Waals surface area contributed by atoms with Gasteiger partial charge in [-0.3, -0.25) is 0 Å². The van der Waals surface area contributed by atoms with Crippen molar-refractivity contribution in [3.63, 3.8) is 0 Å². The third kappa shape index (κ3) is 2.42. The van der Waals surface area contributed by atoms with Gasteiger partial charge in [0.15, 0.2) is 11.5 Å². The largest absolute Gasteiger partial charge is 0.496 e. The summed E-state index contributed by atoms with van der Waals surface area (Å²) in [5.41, 5.74) is 2.48. The number of nitrogens with one attached hydrogen (secondary N) is 1. The third-order valence-corrected chi connectivity index (χ3v) is 3.64. The Kier molecular flexibility index (Phi) is 3.97. The molecule has 0 aliphatic carbocycles. The van der Waals surface area contributed by atoms with Crippen molar-refractivity contribution >= 4 is 11.0 Å². The Hall–Kier alpha value is -2.89. The number of para-hydroxylation sites is 2. The summed E-state index contributed by atoms with van der Waals surface area (Å²) in [7, 11) is 6.29. The van der Waals surface area contributed by atoms with Crippen molar-refractivity contribution in [3.05, 3.63) is 30.3 Å². The number of hydrogen-bond acceptors (Lipinski definition) is 5. The van der Waals surface area contributed by atoms with E-state index in [-0.39, 0.29) is 0 Å². The molecule has 6 nitrogen and oxygen atoms in total. The highest BCUT2D eigenvalue weighted by molar-refractivity contribution is 5.85. The molecular weight excluding hydrogens is 296 g/mol. The minimum Gasteiger partial charge on any atom is -0.496 e. The smallest absolute Gasteiger partial charge is 0.204 e. The predicted molar refractivity (Wildman–Crippen MR) is 87.7 cm³/mol. The van der Waals surface area contributed by atoms with Crippen LogP contribution in [0.15, 0.2) is 30.3 Å². The van der Waals surface area contributed by atoms with Gasteiger partial charge in [-0.25, -0.2) is 4.98 Å². The van der Waals surface area contributed by atoms with Crippen LogP contribution in [0.5, 0.6) is 23.0 Å². The number of rotatable bonds is 5. The molecule has 6 heteroatoms. The van der Waals surface area contributed by atoms with E-state index in [1.807, 2.05) is 24.3 Å². The summed E-state index contributed by atoms with van der Waals surface area (Å²) in [5, 5.41) is 0. The lowest BCUT2D eigenvalue weighted by Crippen LogP contribution is -2.00. The first-order valence-corrected chi connectivity index (χ1v) is 7.05. The first-order chi connectivity index (χ1) is 11.2. The van der Waals surface area contributed by atoms with E-state index in [4.69, 9.17) is 18.9 Å². The maximum absolute atomic E-state index is 5.56. The van der Waals surface area contributed by atoms with Gasteiger partial charge in [0.2, 0.25) is 5.75 Å². The number of hydrogen-bond donors (Lipinski definition) is 1. The molecule has 0 spiro atoms. The van der Waals surface area contributed by atoms with E-state index in [9.17, 15) is 0 Å². The molecule has 0 aliphatic heterocycles. The predicted octanol–water partition coefficient (Wildman–Crippen LogP) is 3.26. The van der Waals surface area contributed by atoms with Crippen LogP contribution in [-0.4, -0.2) is 38.4 Å². The van der Waals surface area contributed by atoms with Crippen LogP contribution in [0, 0.1) is 0 Å². The molecule has 0 fully saturated rings. The van der Waals surface area contributed by atoms with Gasteiger partial charge in [-0.05, 0) is 12.1 Å². The van der Waals surface area contributed by atoms with Crippen molar-refractivity contribution in [3.8, 4) is 34.4 Å². The van der Waals surface area contributed by atoms with Crippen molar-refractivity contribution in [2.45, 2.75) is 0 Å². The number of fused-ring (bicyclic) bond motifs is 1. The molecule has 0 saturated carbocycles. The second kappa shape index (κ2) is 6.08. The van der Waals surface area contributed by atoms with E-state index in [0.29, 0.717) is 34.4 Å². The molecule has 0 saturated heterocycles. The summed E-state index contributed by atoms with van der Waals surface area (Å²) >= 11 is 0. The second-order valence-electron chi connectivity index (χ2n) is 4.83. The van der Waals surface area contributed by atoms with Crippen molar-refractivity contribution < 1.29 is 18.9 Å². The molecule has 23 heavy (non-hydrogen) atoms. The van der Waals surface area contributed by atoms with Gasteiger partial charge in [0, 0.05) is 6.07 Å². The van der Waals surface area contributed by atoms with Gasteiger partial charge in [-0.1, -0.05) is 12.1 Å². The second-order valence-corrected chi connectivity index (χ2v) is 4.83. The van der Waals surface area contributed by atoms with Gasteiger partial charge < -0.3 is 23.9 Å². The summed E-state index contributed by atoms with van der Waals surface area (Å²) in [6.07, 6.45) is 0. The average Bonchev–Trinajstić information content (AvgIpc) is 3.03. The van der Waals surface area contributed by atoms with Crippen LogP contribution in [0.4, 0.5) is 0 Å². The summed E-state index contributed by atoms with van der Waals surface area (Å²) < 4.78 is 21.9. The molecular formula is C17H18N2O4. The summed E-state index contributed by atoms with van der Waals surface area (Å²) in [6.45, 7) is 0. The highest BCUT2D eigenvalue weighted by atomic mass is 16.5. The van der Waals surface area contributed by atoms with Crippen molar-refractivity contribution in [1.82, 2.24) is 9.97 Å². The molecule has 3 rings (SSSR count). The van der Waals surface area contributed by atoms with Gasteiger partial charge in [0.05, 0.1) is 39.5 Å². The lowest BCUT2D eigenvalue weighted by molar-refractivity contribution is 0.320. The van der Waals surface area contributed by atoms with Crippen LogP contribution in [0.3, 0.4) is 0 Å². The zero-order chi connectivity index (χ0) is 16.4. The Morgan fingerprint density at radius 1 is 0.826 bits per heavy atom. The molecule has 0 aliphatic rings. The molecule has 1 N–H and O–H groups in total. The zero-order valence-corrected chi connectivity index (χ0v) is 13.5. The Labute approximate surface area is 134 Å². The fourth-order valence-electron chi connectivity index (χ4n) is 2.59. The SMILES string of the molecule is COc1cc(OC)c(-c2nc3ccccc3[nH]2)c(OC)c1OC. The van der Waals surface area contributed by atoms with E-state index >= 15 is 0 Å². The number of imidazole rings is 1. The molecule has 0 radical (unpaired) electrons.